The zero-order chi connectivity index (χ0) is 25.3. The minimum absolute atomic E-state index is 0.0632. The van der Waals surface area contributed by atoms with Crippen molar-refractivity contribution in [1.82, 2.24) is 30.1 Å². The highest BCUT2D eigenvalue weighted by Gasteiger charge is 2.37. The molecule has 3 amide bonds. The van der Waals surface area contributed by atoms with E-state index in [0.717, 1.165) is 43.4 Å². The first-order valence-corrected chi connectivity index (χ1v) is 12.9. The van der Waals surface area contributed by atoms with E-state index in [1.54, 1.807) is 15.6 Å². The SMILES string of the molecule is C=CCC1(C)CCC([C@H](NC(=O)OC2COC2)c2cn3ncc(CN4C[C@@H](C)NC4=O)cc3n2)CC1. The maximum absolute atomic E-state index is 12.7. The molecule has 0 radical (unpaired) electrons. The van der Waals surface area contributed by atoms with Crippen LogP contribution in [0.25, 0.3) is 5.65 Å². The quantitative estimate of drug-likeness (QED) is 0.541. The van der Waals surface area contributed by atoms with Crippen LogP contribution in [0, 0.1) is 11.3 Å². The van der Waals surface area contributed by atoms with Crippen molar-refractivity contribution >= 4 is 17.8 Å². The molecule has 2 atom stereocenters. The lowest BCUT2D eigenvalue weighted by atomic mass is 9.68. The number of nitrogens with one attached hydrogen (secondary N) is 2. The molecule has 2 aliphatic heterocycles. The second-order valence-electron chi connectivity index (χ2n) is 10.9. The Morgan fingerprint density at radius 1 is 1.42 bits per heavy atom. The van der Waals surface area contributed by atoms with Crippen LogP contribution >= 0.6 is 0 Å². The van der Waals surface area contributed by atoms with Crippen LogP contribution in [0.1, 0.15) is 63.3 Å². The van der Waals surface area contributed by atoms with Crippen LogP contribution in [0.3, 0.4) is 0 Å². The lowest BCUT2D eigenvalue weighted by molar-refractivity contribution is -0.0988. The second kappa shape index (κ2) is 10.1. The van der Waals surface area contributed by atoms with Gasteiger partial charge in [-0.2, -0.15) is 5.10 Å². The zero-order valence-corrected chi connectivity index (χ0v) is 21.1. The third-order valence-corrected chi connectivity index (χ3v) is 7.74. The van der Waals surface area contributed by atoms with Gasteiger partial charge in [-0.1, -0.05) is 13.0 Å². The van der Waals surface area contributed by atoms with E-state index in [-0.39, 0.29) is 35.6 Å². The Bertz CT molecular complexity index is 1120. The molecular formula is C26H36N6O4. The fourth-order valence-electron chi connectivity index (χ4n) is 5.54. The molecule has 10 heteroatoms. The van der Waals surface area contributed by atoms with Crippen molar-refractivity contribution in [2.75, 3.05) is 19.8 Å². The average molecular weight is 497 g/mol. The number of ether oxygens (including phenoxy) is 2. The van der Waals surface area contributed by atoms with E-state index in [4.69, 9.17) is 14.5 Å². The number of hydrogen-bond donors (Lipinski definition) is 2. The van der Waals surface area contributed by atoms with Crippen LogP contribution in [-0.4, -0.2) is 63.5 Å². The van der Waals surface area contributed by atoms with Crippen molar-refractivity contribution < 1.29 is 19.1 Å². The second-order valence-corrected chi connectivity index (χ2v) is 10.9. The van der Waals surface area contributed by atoms with Crippen LogP contribution in [0.2, 0.25) is 0 Å². The summed E-state index contributed by atoms with van der Waals surface area (Å²) in [4.78, 5) is 31.5. The summed E-state index contributed by atoms with van der Waals surface area (Å²) in [5.74, 6) is 0.243. The minimum Gasteiger partial charge on any atom is -0.441 e. The van der Waals surface area contributed by atoms with Crippen molar-refractivity contribution in [3.05, 3.63) is 42.4 Å². The number of rotatable bonds is 8. The summed E-state index contributed by atoms with van der Waals surface area (Å²) >= 11 is 0. The number of urea groups is 1. The Labute approximate surface area is 211 Å². The number of hydrogen-bond acceptors (Lipinski definition) is 6. The topological polar surface area (TPSA) is 110 Å². The van der Waals surface area contributed by atoms with Gasteiger partial charge in [0.1, 0.15) is 0 Å². The minimum atomic E-state index is -0.437. The Morgan fingerprint density at radius 2 is 2.19 bits per heavy atom. The summed E-state index contributed by atoms with van der Waals surface area (Å²) < 4.78 is 12.4. The molecule has 2 aromatic rings. The van der Waals surface area contributed by atoms with E-state index in [0.29, 0.717) is 32.0 Å². The maximum atomic E-state index is 12.7. The largest absolute Gasteiger partial charge is 0.441 e. The van der Waals surface area contributed by atoms with Gasteiger partial charge in [0.05, 0.1) is 37.3 Å². The molecule has 0 unspecified atom stereocenters. The van der Waals surface area contributed by atoms with Gasteiger partial charge in [0.15, 0.2) is 11.8 Å². The van der Waals surface area contributed by atoms with Crippen molar-refractivity contribution in [2.45, 2.75) is 70.7 Å². The summed E-state index contributed by atoms with van der Waals surface area (Å²) in [6.45, 7) is 10.2. The van der Waals surface area contributed by atoms with E-state index in [2.05, 4.69) is 29.2 Å². The van der Waals surface area contributed by atoms with Gasteiger partial charge in [-0.15, -0.1) is 6.58 Å². The molecule has 2 N–H and O–H groups in total. The van der Waals surface area contributed by atoms with Gasteiger partial charge in [-0.3, -0.25) is 0 Å². The average Bonchev–Trinajstić information content (AvgIpc) is 3.37. The third-order valence-electron chi connectivity index (χ3n) is 7.74. The highest BCUT2D eigenvalue weighted by molar-refractivity contribution is 5.76. The molecule has 0 bridgehead atoms. The summed E-state index contributed by atoms with van der Waals surface area (Å²) in [7, 11) is 0. The van der Waals surface area contributed by atoms with Gasteiger partial charge < -0.3 is 25.0 Å². The molecule has 0 spiro atoms. The Kier molecular flexibility index (Phi) is 6.87. The lowest BCUT2D eigenvalue weighted by Crippen LogP contribution is -2.43. The molecule has 2 saturated heterocycles. The fraction of sp³-hybridized carbons (Fsp3) is 0.615. The van der Waals surface area contributed by atoms with Gasteiger partial charge >= 0.3 is 12.1 Å². The number of aromatic nitrogens is 3. The predicted molar refractivity (Wildman–Crippen MR) is 133 cm³/mol. The molecule has 3 fully saturated rings. The number of allylic oxidation sites excluding steroid dienone is 1. The highest BCUT2D eigenvalue weighted by atomic mass is 16.6. The molecule has 10 nitrogen and oxygen atoms in total. The summed E-state index contributed by atoms with van der Waals surface area (Å²) in [5.41, 5.74) is 2.62. The first-order valence-electron chi connectivity index (χ1n) is 12.9. The number of fused-ring (bicyclic) bond motifs is 1. The molecule has 2 aromatic heterocycles. The Balaban J connectivity index is 1.35. The highest BCUT2D eigenvalue weighted by Crippen LogP contribution is 2.45. The monoisotopic (exact) mass is 496 g/mol. The molecule has 194 valence electrons. The fourth-order valence-corrected chi connectivity index (χ4v) is 5.54. The lowest BCUT2D eigenvalue weighted by Gasteiger charge is -2.39. The van der Waals surface area contributed by atoms with Crippen molar-refractivity contribution in [2.24, 2.45) is 11.3 Å². The van der Waals surface area contributed by atoms with Crippen molar-refractivity contribution in [3.63, 3.8) is 0 Å². The standard InChI is InChI=1S/C26H36N6O4/c1-4-7-26(3)8-5-19(6-9-26)23(30-25(34)36-20-15-35-16-20)21-14-32-22(29-21)10-18(11-27-32)13-31-12-17(2)28-24(31)33/h4,10-11,14,17,19-20,23H,1,5-9,12-13,15-16H2,2-3H3,(H,28,33)(H,30,34)/t17-,19?,23+,26?/m1/s1. The van der Waals surface area contributed by atoms with Gasteiger partial charge in [-0.25, -0.2) is 19.1 Å². The summed E-state index contributed by atoms with van der Waals surface area (Å²) in [5, 5.41) is 10.6. The maximum Gasteiger partial charge on any atom is 0.408 e. The molecule has 1 saturated carbocycles. The van der Waals surface area contributed by atoms with Crippen molar-refractivity contribution in [3.8, 4) is 0 Å². The molecule has 5 rings (SSSR count). The molecule has 3 aliphatic rings. The number of imidazole rings is 1. The number of amides is 3. The Hall–Kier alpha value is -3.14. The molecular weight excluding hydrogens is 460 g/mol. The molecule has 36 heavy (non-hydrogen) atoms. The van der Waals surface area contributed by atoms with Gasteiger partial charge in [-0.05, 0) is 62.0 Å². The first-order chi connectivity index (χ1) is 17.3. The Morgan fingerprint density at radius 3 is 2.83 bits per heavy atom. The van der Waals surface area contributed by atoms with E-state index in [1.807, 2.05) is 25.3 Å². The normalized spacial score (nSPS) is 27.4. The van der Waals surface area contributed by atoms with Crippen LogP contribution < -0.4 is 10.6 Å². The van der Waals surface area contributed by atoms with E-state index < -0.39 is 6.09 Å². The van der Waals surface area contributed by atoms with Gasteiger partial charge in [0, 0.05) is 19.1 Å². The zero-order valence-electron chi connectivity index (χ0n) is 21.1. The first kappa shape index (κ1) is 24.5. The van der Waals surface area contributed by atoms with Crippen molar-refractivity contribution in [1.29, 1.82) is 0 Å². The van der Waals surface area contributed by atoms with Crippen LogP contribution in [0.4, 0.5) is 9.59 Å². The number of carbonyl (C=O) groups is 2. The van der Waals surface area contributed by atoms with Crippen LogP contribution in [0.5, 0.6) is 0 Å². The van der Waals surface area contributed by atoms with Crippen LogP contribution in [0.15, 0.2) is 31.1 Å². The summed E-state index contributed by atoms with van der Waals surface area (Å²) in [6.07, 6.45) is 10.1. The van der Waals surface area contributed by atoms with Crippen LogP contribution in [-0.2, 0) is 16.0 Å². The molecule has 4 heterocycles. The number of nitrogens with zero attached hydrogens (tertiary/aromatic N) is 4. The van der Waals surface area contributed by atoms with E-state index in [9.17, 15) is 9.59 Å². The van der Waals surface area contributed by atoms with Gasteiger partial charge in [0.25, 0.3) is 0 Å². The number of carbonyl (C=O) groups excluding carboxylic acids is 2. The predicted octanol–water partition coefficient (Wildman–Crippen LogP) is 3.58. The molecule has 1 aliphatic carbocycles. The van der Waals surface area contributed by atoms with E-state index in [1.165, 1.54) is 0 Å². The molecule has 0 aromatic carbocycles. The summed E-state index contributed by atoms with van der Waals surface area (Å²) in [6, 6.07) is 1.75. The van der Waals surface area contributed by atoms with Gasteiger partial charge in [0.2, 0.25) is 0 Å². The number of alkyl carbamates (subject to hydrolysis) is 1. The smallest absolute Gasteiger partial charge is 0.408 e. The third kappa shape index (κ3) is 5.33. The van der Waals surface area contributed by atoms with E-state index >= 15 is 0 Å².